The second-order valence-electron chi connectivity index (χ2n) is 4.13. The van der Waals surface area contributed by atoms with E-state index in [2.05, 4.69) is 0 Å². The number of carbonyl (C=O) groups excluding carboxylic acids is 2. The maximum absolute atomic E-state index is 12.1. The van der Waals surface area contributed by atoms with Crippen LogP contribution in [-0.2, 0) is 0 Å². The molecule has 2 aromatic rings. The molecule has 4 N–H and O–H groups in total. The first-order valence-corrected chi connectivity index (χ1v) is 6.35. The van der Waals surface area contributed by atoms with E-state index < -0.39 is 11.6 Å². The Balaban J connectivity index is 2.34. The van der Waals surface area contributed by atoms with Gasteiger partial charge in [0.15, 0.2) is 0 Å². The number of hydrogen-bond acceptors (Lipinski definition) is 4. The van der Waals surface area contributed by atoms with Crippen LogP contribution in [0.25, 0.3) is 0 Å². The van der Waals surface area contributed by atoms with Crippen molar-refractivity contribution in [2.45, 2.75) is 0 Å². The summed E-state index contributed by atoms with van der Waals surface area (Å²) >= 11 is 11.7. The van der Waals surface area contributed by atoms with Gasteiger partial charge in [-0.3, -0.25) is 9.59 Å². The van der Waals surface area contributed by atoms with Crippen LogP contribution < -0.4 is 11.5 Å². The largest absolute Gasteiger partial charge is 0.398 e. The highest BCUT2D eigenvalue weighted by Gasteiger charge is 2.19. The lowest BCUT2D eigenvalue weighted by atomic mass is 10.0. The van der Waals surface area contributed by atoms with Crippen molar-refractivity contribution >= 4 is 46.1 Å². The van der Waals surface area contributed by atoms with Crippen molar-refractivity contribution in [3.8, 4) is 0 Å². The molecular formula is C14H10Cl2N2O2. The van der Waals surface area contributed by atoms with E-state index in [0.717, 1.165) is 0 Å². The first kappa shape index (κ1) is 14.4. The van der Waals surface area contributed by atoms with Crippen LogP contribution in [0.15, 0.2) is 36.4 Å². The SMILES string of the molecule is Nc1ccc(C(=O)C(=O)c2ccc(N)c(Cl)c2)cc1Cl. The average Bonchev–Trinajstić information content (AvgIpc) is 2.43. The predicted molar refractivity (Wildman–Crippen MR) is 80.4 cm³/mol. The molecular weight excluding hydrogens is 299 g/mol. The van der Waals surface area contributed by atoms with E-state index in [-0.39, 0.29) is 21.2 Å². The smallest absolute Gasteiger partial charge is 0.233 e. The standard InChI is InChI=1S/C14H10Cl2N2O2/c15-9-5-7(1-3-11(9)17)13(19)14(20)8-2-4-12(18)10(16)6-8/h1-6H,17-18H2. The molecule has 0 atom stereocenters. The number of Topliss-reactive ketones (excluding diaryl/α,β-unsaturated/α-hetero) is 2. The number of ketones is 2. The molecule has 20 heavy (non-hydrogen) atoms. The summed E-state index contributed by atoms with van der Waals surface area (Å²) in [6.07, 6.45) is 0. The average molecular weight is 309 g/mol. The minimum Gasteiger partial charge on any atom is -0.398 e. The number of halogens is 2. The molecule has 0 radical (unpaired) electrons. The fourth-order valence-corrected chi connectivity index (χ4v) is 1.96. The minimum absolute atomic E-state index is 0.169. The molecule has 0 saturated carbocycles. The molecule has 0 amide bonds. The van der Waals surface area contributed by atoms with Gasteiger partial charge in [-0.1, -0.05) is 23.2 Å². The third kappa shape index (κ3) is 2.76. The predicted octanol–water partition coefficient (Wildman–Crippen LogP) is 3.22. The van der Waals surface area contributed by atoms with E-state index >= 15 is 0 Å². The maximum Gasteiger partial charge on any atom is 0.233 e. The van der Waals surface area contributed by atoms with Gasteiger partial charge in [-0.15, -0.1) is 0 Å². The van der Waals surface area contributed by atoms with Crippen LogP contribution in [0.3, 0.4) is 0 Å². The molecule has 0 heterocycles. The van der Waals surface area contributed by atoms with Crippen LogP contribution in [0.4, 0.5) is 11.4 Å². The normalized spacial score (nSPS) is 10.3. The van der Waals surface area contributed by atoms with Crippen molar-refractivity contribution in [3.63, 3.8) is 0 Å². The molecule has 2 aromatic carbocycles. The summed E-state index contributed by atoms with van der Waals surface area (Å²) in [6.45, 7) is 0. The lowest BCUT2D eigenvalue weighted by Gasteiger charge is -2.04. The van der Waals surface area contributed by atoms with Crippen molar-refractivity contribution in [2.24, 2.45) is 0 Å². The van der Waals surface area contributed by atoms with Crippen LogP contribution in [-0.4, -0.2) is 11.6 Å². The summed E-state index contributed by atoms with van der Waals surface area (Å²) in [5.74, 6) is -1.37. The third-order valence-corrected chi connectivity index (χ3v) is 3.39. The molecule has 4 nitrogen and oxygen atoms in total. The van der Waals surface area contributed by atoms with Gasteiger partial charge in [0.2, 0.25) is 11.6 Å². The first-order valence-electron chi connectivity index (χ1n) is 5.59. The van der Waals surface area contributed by atoms with Gasteiger partial charge in [-0.25, -0.2) is 0 Å². The van der Waals surface area contributed by atoms with Crippen molar-refractivity contribution in [1.82, 2.24) is 0 Å². The summed E-state index contributed by atoms with van der Waals surface area (Å²) < 4.78 is 0. The molecule has 0 aromatic heterocycles. The highest BCUT2D eigenvalue weighted by atomic mass is 35.5. The molecule has 0 fully saturated rings. The van der Waals surface area contributed by atoms with Gasteiger partial charge in [-0.05, 0) is 36.4 Å². The van der Waals surface area contributed by atoms with E-state index in [1.54, 1.807) is 0 Å². The van der Waals surface area contributed by atoms with Crippen LogP contribution in [0.2, 0.25) is 10.0 Å². The van der Waals surface area contributed by atoms with E-state index in [4.69, 9.17) is 34.7 Å². The van der Waals surface area contributed by atoms with Crippen LogP contribution in [0, 0.1) is 0 Å². The second-order valence-corrected chi connectivity index (χ2v) is 4.95. The van der Waals surface area contributed by atoms with E-state index in [0.29, 0.717) is 11.4 Å². The summed E-state index contributed by atoms with van der Waals surface area (Å²) in [5.41, 5.74) is 12.1. The Kier molecular flexibility index (Phi) is 3.97. The van der Waals surface area contributed by atoms with Crippen LogP contribution in [0.5, 0.6) is 0 Å². The van der Waals surface area contributed by atoms with Crippen molar-refractivity contribution < 1.29 is 9.59 Å². The highest BCUT2D eigenvalue weighted by Crippen LogP contribution is 2.23. The van der Waals surface area contributed by atoms with Crippen molar-refractivity contribution in [2.75, 3.05) is 11.5 Å². The van der Waals surface area contributed by atoms with E-state index in [9.17, 15) is 9.59 Å². The fourth-order valence-electron chi connectivity index (χ4n) is 1.60. The Morgan fingerprint density at radius 2 is 1.10 bits per heavy atom. The Morgan fingerprint density at radius 1 is 0.750 bits per heavy atom. The molecule has 0 aliphatic rings. The molecule has 0 aliphatic carbocycles. The van der Waals surface area contributed by atoms with Crippen molar-refractivity contribution in [3.05, 3.63) is 57.6 Å². The van der Waals surface area contributed by atoms with Crippen LogP contribution >= 0.6 is 23.2 Å². The number of hydrogen-bond donors (Lipinski definition) is 2. The zero-order valence-corrected chi connectivity index (χ0v) is 11.7. The molecule has 2 rings (SSSR count). The van der Waals surface area contributed by atoms with Gasteiger partial charge in [0, 0.05) is 11.1 Å². The first-order chi connectivity index (χ1) is 9.40. The fraction of sp³-hybridized carbons (Fsp3) is 0. The number of benzene rings is 2. The number of nitrogens with two attached hydrogens (primary N) is 2. The Bertz CT molecular complexity index is 653. The lowest BCUT2D eigenvalue weighted by molar-refractivity contribution is 0.0817. The number of rotatable bonds is 3. The number of nitrogen functional groups attached to an aromatic ring is 2. The zero-order chi connectivity index (χ0) is 14.9. The molecule has 102 valence electrons. The second kappa shape index (κ2) is 5.53. The molecule has 0 unspecified atom stereocenters. The molecule has 0 aliphatic heterocycles. The van der Waals surface area contributed by atoms with E-state index in [1.165, 1.54) is 36.4 Å². The topological polar surface area (TPSA) is 86.2 Å². The third-order valence-electron chi connectivity index (χ3n) is 2.73. The van der Waals surface area contributed by atoms with E-state index in [1.807, 2.05) is 0 Å². The van der Waals surface area contributed by atoms with Gasteiger partial charge in [0.25, 0.3) is 0 Å². The Morgan fingerprint density at radius 3 is 1.40 bits per heavy atom. The molecule has 6 heteroatoms. The quantitative estimate of drug-likeness (QED) is 0.518. The van der Waals surface area contributed by atoms with Gasteiger partial charge < -0.3 is 11.5 Å². The number of anilines is 2. The van der Waals surface area contributed by atoms with Crippen LogP contribution in [0.1, 0.15) is 20.7 Å². The zero-order valence-electron chi connectivity index (χ0n) is 10.2. The lowest BCUT2D eigenvalue weighted by Crippen LogP contribution is -2.14. The molecule has 0 saturated heterocycles. The molecule has 0 spiro atoms. The van der Waals surface area contributed by atoms with Gasteiger partial charge in [0.1, 0.15) is 0 Å². The maximum atomic E-state index is 12.1. The summed E-state index contributed by atoms with van der Waals surface area (Å²) in [7, 11) is 0. The van der Waals surface area contributed by atoms with Crippen molar-refractivity contribution in [1.29, 1.82) is 0 Å². The van der Waals surface area contributed by atoms with Gasteiger partial charge in [-0.2, -0.15) is 0 Å². The minimum atomic E-state index is -0.687. The summed E-state index contributed by atoms with van der Waals surface area (Å²) in [6, 6.07) is 8.55. The Labute approximate surface area is 125 Å². The van der Waals surface area contributed by atoms with Gasteiger partial charge >= 0.3 is 0 Å². The highest BCUT2D eigenvalue weighted by molar-refractivity contribution is 6.50. The van der Waals surface area contributed by atoms with Gasteiger partial charge in [0.05, 0.1) is 21.4 Å². The Hall–Kier alpha value is -2.04. The summed E-state index contributed by atoms with van der Waals surface area (Å²) in [5, 5.41) is 0.443. The summed E-state index contributed by atoms with van der Waals surface area (Å²) in [4.78, 5) is 24.2. The number of carbonyl (C=O) groups is 2. The molecule has 0 bridgehead atoms. The monoisotopic (exact) mass is 308 g/mol.